The largest absolute Gasteiger partial charge is 0.338 e. The summed E-state index contributed by atoms with van der Waals surface area (Å²) in [6.45, 7) is 3.81. The van der Waals surface area contributed by atoms with Gasteiger partial charge in [0.05, 0.1) is 11.6 Å². The van der Waals surface area contributed by atoms with Crippen LogP contribution in [-0.4, -0.2) is 46.2 Å². The zero-order valence-corrected chi connectivity index (χ0v) is 20.4. The Hall–Kier alpha value is -2.74. The summed E-state index contributed by atoms with van der Waals surface area (Å²) in [7, 11) is 0. The third kappa shape index (κ3) is 5.32. The first kappa shape index (κ1) is 23.0. The van der Waals surface area contributed by atoms with Gasteiger partial charge >= 0.3 is 0 Å². The predicted octanol–water partition coefficient (Wildman–Crippen LogP) is 4.85. The number of halogens is 1. The van der Waals surface area contributed by atoms with E-state index in [4.69, 9.17) is 16.6 Å². The Morgan fingerprint density at radius 2 is 1.88 bits per heavy atom. The number of hydrogen-bond acceptors (Lipinski definition) is 5. The molecule has 6 nitrogen and oxygen atoms in total. The van der Waals surface area contributed by atoms with Gasteiger partial charge in [-0.2, -0.15) is 0 Å². The van der Waals surface area contributed by atoms with Crippen LogP contribution in [0.3, 0.4) is 0 Å². The van der Waals surface area contributed by atoms with Crippen molar-refractivity contribution in [3.05, 3.63) is 81.3 Å². The number of thiazole rings is 1. The second kappa shape index (κ2) is 10.3. The van der Waals surface area contributed by atoms with E-state index in [1.807, 2.05) is 6.07 Å². The van der Waals surface area contributed by atoms with Crippen LogP contribution in [0.2, 0.25) is 5.02 Å². The number of carbonyl (C=O) groups excluding carboxylic acids is 2. The van der Waals surface area contributed by atoms with E-state index in [0.29, 0.717) is 28.8 Å². The lowest BCUT2D eigenvalue weighted by atomic mass is 9.96. The molecular weight excluding hydrogens is 468 g/mol. The number of nitrogens with zero attached hydrogens (tertiary/aromatic N) is 3. The minimum atomic E-state index is -0.236. The lowest BCUT2D eigenvalue weighted by Gasteiger charge is -2.32. The molecule has 1 N–H and O–H groups in total. The van der Waals surface area contributed by atoms with Gasteiger partial charge in [0.25, 0.3) is 5.91 Å². The lowest BCUT2D eigenvalue weighted by Crippen LogP contribution is -2.43. The van der Waals surface area contributed by atoms with Crippen LogP contribution >= 0.6 is 22.9 Å². The maximum atomic E-state index is 13.0. The van der Waals surface area contributed by atoms with E-state index in [1.165, 1.54) is 10.4 Å². The van der Waals surface area contributed by atoms with Crippen LogP contribution in [0.15, 0.2) is 54.6 Å². The van der Waals surface area contributed by atoms with Gasteiger partial charge in [-0.3, -0.25) is 14.5 Å². The Kier molecular flexibility index (Phi) is 6.94. The summed E-state index contributed by atoms with van der Waals surface area (Å²) in [4.78, 5) is 36.0. The number of likely N-dealkylation sites (tertiary alicyclic amines) is 1. The maximum absolute atomic E-state index is 13.0. The van der Waals surface area contributed by atoms with E-state index in [-0.39, 0.29) is 17.7 Å². The molecule has 176 valence electrons. The second-order valence-electron chi connectivity index (χ2n) is 8.92. The van der Waals surface area contributed by atoms with Gasteiger partial charge in [-0.25, -0.2) is 4.98 Å². The van der Waals surface area contributed by atoms with Crippen LogP contribution in [-0.2, 0) is 24.3 Å². The molecular formula is C26H27ClN4O2S. The third-order valence-electron chi connectivity index (χ3n) is 6.46. The van der Waals surface area contributed by atoms with Gasteiger partial charge in [-0.1, -0.05) is 41.9 Å². The molecule has 8 heteroatoms. The fraction of sp³-hybridized carbons (Fsp3) is 0.346. The molecule has 0 bridgehead atoms. The molecule has 1 fully saturated rings. The van der Waals surface area contributed by atoms with E-state index < -0.39 is 0 Å². The van der Waals surface area contributed by atoms with Gasteiger partial charge in [-0.15, -0.1) is 11.3 Å². The highest BCUT2D eigenvalue weighted by Crippen LogP contribution is 2.30. The van der Waals surface area contributed by atoms with Crippen molar-refractivity contribution < 1.29 is 9.59 Å². The molecule has 2 aliphatic heterocycles. The fourth-order valence-corrected chi connectivity index (χ4v) is 5.82. The monoisotopic (exact) mass is 494 g/mol. The van der Waals surface area contributed by atoms with Crippen LogP contribution in [0.1, 0.15) is 39.3 Å². The number of amides is 2. The quantitative estimate of drug-likeness (QED) is 0.551. The number of nitrogens with one attached hydrogen (secondary N) is 1. The molecule has 5 rings (SSSR count). The number of carbonyl (C=O) groups is 2. The molecule has 0 saturated carbocycles. The van der Waals surface area contributed by atoms with Crippen molar-refractivity contribution in [3.8, 4) is 0 Å². The second-order valence-corrected chi connectivity index (χ2v) is 10.4. The lowest BCUT2D eigenvalue weighted by molar-refractivity contribution is -0.121. The Morgan fingerprint density at radius 3 is 2.68 bits per heavy atom. The van der Waals surface area contributed by atoms with Gasteiger partial charge in [-0.05, 0) is 42.7 Å². The Balaban J connectivity index is 1.19. The first-order chi connectivity index (χ1) is 16.5. The predicted molar refractivity (Wildman–Crippen MR) is 135 cm³/mol. The summed E-state index contributed by atoms with van der Waals surface area (Å²) < 4.78 is 0. The molecule has 0 spiro atoms. The summed E-state index contributed by atoms with van der Waals surface area (Å²) in [6.07, 6.45) is 2.47. The van der Waals surface area contributed by atoms with E-state index >= 15 is 0 Å². The third-order valence-corrected chi connectivity index (χ3v) is 7.71. The molecule has 3 heterocycles. The van der Waals surface area contributed by atoms with Crippen LogP contribution in [0, 0.1) is 5.92 Å². The molecule has 1 aromatic heterocycles. The zero-order chi connectivity index (χ0) is 23.5. The minimum absolute atomic E-state index is 0.0548. The Bertz CT molecular complexity index is 1170. The van der Waals surface area contributed by atoms with Crippen molar-refractivity contribution in [2.24, 2.45) is 5.92 Å². The molecule has 0 radical (unpaired) electrons. The number of rotatable bonds is 5. The molecule has 34 heavy (non-hydrogen) atoms. The van der Waals surface area contributed by atoms with Gasteiger partial charge in [0.15, 0.2) is 5.13 Å². The van der Waals surface area contributed by atoms with E-state index in [2.05, 4.69) is 34.5 Å². The van der Waals surface area contributed by atoms with Gasteiger partial charge in [0, 0.05) is 54.6 Å². The SMILES string of the molecule is O=C(Nc1nc2c(s1)CN(Cc1ccccc1)CC2)C1CCCN(C(=O)c2ccc(Cl)cc2)C1. The smallest absolute Gasteiger partial charge is 0.253 e. The first-order valence-corrected chi connectivity index (χ1v) is 12.8. The highest BCUT2D eigenvalue weighted by Gasteiger charge is 2.30. The average Bonchev–Trinajstić information content (AvgIpc) is 3.26. The summed E-state index contributed by atoms with van der Waals surface area (Å²) in [5.74, 6) is -0.348. The number of anilines is 1. The van der Waals surface area contributed by atoms with Crippen LogP contribution in [0.25, 0.3) is 0 Å². The summed E-state index contributed by atoms with van der Waals surface area (Å²) in [5.41, 5.74) is 2.99. The molecule has 2 amide bonds. The van der Waals surface area contributed by atoms with E-state index in [1.54, 1.807) is 40.5 Å². The molecule has 2 aromatic carbocycles. The minimum Gasteiger partial charge on any atom is -0.338 e. The normalized spacial score (nSPS) is 18.4. The zero-order valence-electron chi connectivity index (χ0n) is 18.9. The van der Waals surface area contributed by atoms with Crippen LogP contribution in [0.4, 0.5) is 5.13 Å². The fourth-order valence-electron chi connectivity index (χ4n) is 4.64. The molecule has 3 aromatic rings. The van der Waals surface area contributed by atoms with Crippen LogP contribution < -0.4 is 5.32 Å². The number of benzene rings is 2. The van der Waals surface area contributed by atoms with E-state index in [9.17, 15) is 9.59 Å². The summed E-state index contributed by atoms with van der Waals surface area (Å²) in [5, 5.41) is 4.30. The van der Waals surface area contributed by atoms with Crippen molar-refractivity contribution in [2.45, 2.75) is 32.4 Å². The summed E-state index contributed by atoms with van der Waals surface area (Å²) >= 11 is 7.51. The molecule has 1 saturated heterocycles. The van der Waals surface area contributed by atoms with Crippen molar-refractivity contribution >= 4 is 39.9 Å². The van der Waals surface area contributed by atoms with Crippen molar-refractivity contribution in [3.63, 3.8) is 0 Å². The van der Waals surface area contributed by atoms with Crippen molar-refractivity contribution in [1.82, 2.24) is 14.8 Å². The van der Waals surface area contributed by atoms with Crippen molar-refractivity contribution in [2.75, 3.05) is 25.0 Å². The average molecular weight is 495 g/mol. The molecule has 0 aliphatic carbocycles. The summed E-state index contributed by atoms with van der Waals surface area (Å²) in [6, 6.07) is 17.4. The molecule has 1 unspecified atom stereocenters. The molecule has 1 atom stereocenters. The number of piperidine rings is 1. The first-order valence-electron chi connectivity index (χ1n) is 11.7. The van der Waals surface area contributed by atoms with E-state index in [0.717, 1.165) is 44.6 Å². The van der Waals surface area contributed by atoms with Gasteiger partial charge in [0.2, 0.25) is 5.91 Å². The van der Waals surface area contributed by atoms with Crippen LogP contribution in [0.5, 0.6) is 0 Å². The number of hydrogen-bond donors (Lipinski definition) is 1. The van der Waals surface area contributed by atoms with Crippen molar-refractivity contribution in [1.29, 1.82) is 0 Å². The Morgan fingerprint density at radius 1 is 1.09 bits per heavy atom. The topological polar surface area (TPSA) is 65.5 Å². The highest BCUT2D eigenvalue weighted by atomic mass is 35.5. The van der Waals surface area contributed by atoms with Gasteiger partial charge < -0.3 is 10.2 Å². The highest BCUT2D eigenvalue weighted by molar-refractivity contribution is 7.15. The standard InChI is InChI=1S/C26H27ClN4O2S/c27-21-10-8-19(9-11-21)25(33)31-13-4-7-20(16-31)24(32)29-26-28-22-12-14-30(17-23(22)34-26)15-18-5-2-1-3-6-18/h1-3,5-6,8-11,20H,4,7,12-17H2,(H,28,29,32). The maximum Gasteiger partial charge on any atom is 0.253 e. The van der Waals surface area contributed by atoms with Gasteiger partial charge in [0.1, 0.15) is 0 Å². The molecule has 2 aliphatic rings. The number of aromatic nitrogens is 1. The number of fused-ring (bicyclic) bond motifs is 1. The Labute approximate surface area is 208 Å².